The van der Waals surface area contributed by atoms with E-state index in [9.17, 15) is 9.59 Å². The second-order valence-corrected chi connectivity index (χ2v) is 6.84. The molecule has 126 valence electrons. The molecule has 3 atom stereocenters. The Hall–Kier alpha value is -2.21. The average Bonchev–Trinajstić information content (AvgIpc) is 3.25. The maximum atomic E-state index is 12.8. The lowest BCUT2D eigenvalue weighted by atomic mass is 9.85. The minimum atomic E-state index is -0.710. The number of nitrogens with zero attached hydrogens (tertiary/aromatic N) is 2. The Bertz CT molecular complexity index is 703. The van der Waals surface area contributed by atoms with Gasteiger partial charge in [-0.2, -0.15) is 0 Å². The number of likely N-dealkylation sites (tertiary alicyclic amines) is 1. The monoisotopic (exact) mass is 327 g/mol. The smallest absolute Gasteiger partial charge is 0.253 e. The number of ether oxygens (including phenoxy) is 1. The molecule has 2 amide bonds. The third kappa shape index (κ3) is 2.24. The van der Waals surface area contributed by atoms with Gasteiger partial charge in [-0.25, -0.2) is 0 Å². The summed E-state index contributed by atoms with van der Waals surface area (Å²) < 4.78 is 4.95. The van der Waals surface area contributed by atoms with Crippen LogP contribution in [0.3, 0.4) is 0 Å². The minimum Gasteiger partial charge on any atom is -0.375 e. The highest BCUT2D eigenvalue weighted by Crippen LogP contribution is 2.49. The van der Waals surface area contributed by atoms with Gasteiger partial charge < -0.3 is 15.0 Å². The van der Waals surface area contributed by atoms with Gasteiger partial charge in [0.15, 0.2) is 0 Å². The van der Waals surface area contributed by atoms with Gasteiger partial charge in [-0.15, -0.1) is 0 Å². The Morgan fingerprint density at radius 1 is 1.38 bits per heavy atom. The molecule has 1 spiro atoms. The zero-order valence-electron chi connectivity index (χ0n) is 13.7. The van der Waals surface area contributed by atoms with Crippen molar-refractivity contribution in [1.82, 2.24) is 10.2 Å². The van der Waals surface area contributed by atoms with Crippen molar-refractivity contribution in [3.8, 4) is 0 Å². The highest BCUT2D eigenvalue weighted by atomic mass is 16.5. The summed E-state index contributed by atoms with van der Waals surface area (Å²) in [6.07, 6.45) is 1.69. The molecule has 1 N–H and O–H groups in total. The molecule has 0 unspecified atom stereocenters. The van der Waals surface area contributed by atoms with E-state index in [4.69, 9.17) is 9.73 Å². The maximum absolute atomic E-state index is 12.8. The predicted molar refractivity (Wildman–Crippen MR) is 88.5 cm³/mol. The first-order valence-corrected chi connectivity index (χ1v) is 8.37. The van der Waals surface area contributed by atoms with Crippen LogP contribution in [0.1, 0.15) is 18.4 Å². The molecule has 4 rings (SSSR count). The Morgan fingerprint density at radius 3 is 2.92 bits per heavy atom. The number of fused-ring (bicyclic) bond motifs is 2. The number of aliphatic imine (C=N–C) groups is 1. The van der Waals surface area contributed by atoms with Crippen LogP contribution in [0.25, 0.3) is 0 Å². The summed E-state index contributed by atoms with van der Waals surface area (Å²) in [4.78, 5) is 31.5. The van der Waals surface area contributed by atoms with E-state index in [2.05, 4.69) is 5.32 Å². The van der Waals surface area contributed by atoms with Crippen LogP contribution in [-0.4, -0.2) is 54.9 Å². The number of benzene rings is 1. The van der Waals surface area contributed by atoms with Crippen LogP contribution in [0.4, 0.5) is 0 Å². The van der Waals surface area contributed by atoms with Gasteiger partial charge in [0.1, 0.15) is 18.0 Å². The zero-order valence-corrected chi connectivity index (χ0v) is 13.7. The summed E-state index contributed by atoms with van der Waals surface area (Å²) in [6.45, 7) is 1.39. The SMILES string of the molecule is COCC(=O)N1C[C@@H]2CC[C@]3(N=C(c4ccccc4)NC3=O)[C@@H]2C1. The number of hydrogen-bond acceptors (Lipinski definition) is 4. The first-order valence-electron chi connectivity index (χ1n) is 8.37. The van der Waals surface area contributed by atoms with E-state index in [1.807, 2.05) is 35.2 Å². The maximum Gasteiger partial charge on any atom is 0.253 e. The van der Waals surface area contributed by atoms with Crippen LogP contribution < -0.4 is 5.32 Å². The Balaban J connectivity index is 1.60. The van der Waals surface area contributed by atoms with Crippen molar-refractivity contribution >= 4 is 17.6 Å². The highest BCUT2D eigenvalue weighted by molar-refractivity contribution is 6.15. The fraction of sp³-hybridized carbons (Fsp3) is 0.500. The van der Waals surface area contributed by atoms with Gasteiger partial charge in [-0.3, -0.25) is 14.6 Å². The first kappa shape index (κ1) is 15.3. The number of nitrogens with one attached hydrogen (secondary N) is 1. The van der Waals surface area contributed by atoms with E-state index < -0.39 is 5.54 Å². The molecule has 6 nitrogen and oxygen atoms in total. The summed E-state index contributed by atoms with van der Waals surface area (Å²) in [5, 5.41) is 2.97. The van der Waals surface area contributed by atoms with Gasteiger partial charge in [0.25, 0.3) is 5.91 Å². The summed E-state index contributed by atoms with van der Waals surface area (Å²) in [6, 6.07) is 9.72. The van der Waals surface area contributed by atoms with Gasteiger partial charge in [0, 0.05) is 31.7 Å². The number of rotatable bonds is 3. The van der Waals surface area contributed by atoms with Gasteiger partial charge in [0.05, 0.1) is 0 Å². The van der Waals surface area contributed by atoms with Crippen molar-refractivity contribution in [3.05, 3.63) is 35.9 Å². The van der Waals surface area contributed by atoms with Gasteiger partial charge >= 0.3 is 0 Å². The highest BCUT2D eigenvalue weighted by Gasteiger charge is 2.59. The molecule has 1 saturated carbocycles. The van der Waals surface area contributed by atoms with Crippen LogP contribution in [0.5, 0.6) is 0 Å². The molecule has 6 heteroatoms. The Kier molecular flexibility index (Phi) is 3.64. The molecule has 3 aliphatic rings. The fourth-order valence-electron chi connectivity index (χ4n) is 4.36. The molecular formula is C18H21N3O3. The Labute approximate surface area is 140 Å². The van der Waals surface area contributed by atoms with Crippen molar-refractivity contribution in [1.29, 1.82) is 0 Å². The normalized spacial score (nSPS) is 31.3. The molecule has 1 aromatic carbocycles. The topological polar surface area (TPSA) is 71.0 Å². The summed E-state index contributed by atoms with van der Waals surface area (Å²) >= 11 is 0. The summed E-state index contributed by atoms with van der Waals surface area (Å²) in [5.41, 5.74) is 0.217. The lowest BCUT2D eigenvalue weighted by Gasteiger charge is -2.25. The largest absolute Gasteiger partial charge is 0.375 e. The molecule has 0 aromatic heterocycles. The number of carbonyl (C=O) groups excluding carboxylic acids is 2. The van der Waals surface area contributed by atoms with Crippen LogP contribution in [-0.2, 0) is 14.3 Å². The second-order valence-electron chi connectivity index (χ2n) is 6.84. The molecular weight excluding hydrogens is 306 g/mol. The molecule has 24 heavy (non-hydrogen) atoms. The molecule has 1 aliphatic carbocycles. The third-order valence-electron chi connectivity index (χ3n) is 5.55. The minimum absolute atomic E-state index is 0.00674. The second kappa shape index (κ2) is 5.70. The van der Waals surface area contributed by atoms with E-state index in [1.54, 1.807) is 0 Å². The molecule has 1 aromatic rings. The number of methoxy groups -OCH3 is 1. The first-order chi connectivity index (χ1) is 11.6. The zero-order chi connectivity index (χ0) is 16.7. The van der Waals surface area contributed by atoms with Crippen LogP contribution in [0.15, 0.2) is 35.3 Å². The van der Waals surface area contributed by atoms with Crippen molar-refractivity contribution in [2.45, 2.75) is 18.4 Å². The van der Waals surface area contributed by atoms with Gasteiger partial charge in [-0.05, 0) is 18.8 Å². The summed E-state index contributed by atoms with van der Waals surface area (Å²) in [5.74, 6) is 1.07. The molecule has 2 heterocycles. The standard InChI is InChI=1S/C18H21N3O3/c1-24-11-15(22)21-9-13-7-8-18(14(13)10-21)17(23)19-16(20-18)12-5-3-2-4-6-12/h2-6,13-14H,7-11H2,1H3,(H,19,20,23)/t13-,14+,18-/m0/s1. The lowest BCUT2D eigenvalue weighted by Crippen LogP contribution is -2.45. The fourth-order valence-corrected chi connectivity index (χ4v) is 4.36. The van der Waals surface area contributed by atoms with Crippen molar-refractivity contribution in [2.75, 3.05) is 26.8 Å². The van der Waals surface area contributed by atoms with E-state index in [-0.39, 0.29) is 24.3 Å². The van der Waals surface area contributed by atoms with Crippen LogP contribution in [0.2, 0.25) is 0 Å². The summed E-state index contributed by atoms with van der Waals surface area (Å²) in [7, 11) is 1.52. The number of hydrogen-bond donors (Lipinski definition) is 1. The number of amidine groups is 1. The molecule has 0 radical (unpaired) electrons. The molecule has 0 bridgehead atoms. The van der Waals surface area contributed by atoms with Crippen molar-refractivity contribution in [2.24, 2.45) is 16.8 Å². The van der Waals surface area contributed by atoms with E-state index in [1.165, 1.54) is 7.11 Å². The predicted octanol–water partition coefficient (Wildman–Crippen LogP) is 0.817. The van der Waals surface area contributed by atoms with Gasteiger partial charge in [-0.1, -0.05) is 30.3 Å². The van der Waals surface area contributed by atoms with Crippen LogP contribution >= 0.6 is 0 Å². The van der Waals surface area contributed by atoms with Crippen molar-refractivity contribution in [3.63, 3.8) is 0 Å². The van der Waals surface area contributed by atoms with Gasteiger partial charge in [0.2, 0.25) is 5.91 Å². The average molecular weight is 327 g/mol. The Morgan fingerprint density at radius 2 is 2.17 bits per heavy atom. The van der Waals surface area contributed by atoms with E-state index >= 15 is 0 Å². The third-order valence-corrected chi connectivity index (χ3v) is 5.55. The van der Waals surface area contributed by atoms with Crippen molar-refractivity contribution < 1.29 is 14.3 Å². The van der Waals surface area contributed by atoms with Crippen LogP contribution in [0, 0.1) is 11.8 Å². The quantitative estimate of drug-likeness (QED) is 0.893. The van der Waals surface area contributed by atoms with E-state index in [0.29, 0.717) is 24.8 Å². The molecule has 1 saturated heterocycles. The molecule has 2 aliphatic heterocycles. The molecule has 2 fully saturated rings. The lowest BCUT2D eigenvalue weighted by molar-refractivity contribution is -0.135. The number of amides is 2. The number of carbonyl (C=O) groups is 2. The van der Waals surface area contributed by atoms with E-state index in [0.717, 1.165) is 18.4 Å².